The summed E-state index contributed by atoms with van der Waals surface area (Å²) in [5.41, 5.74) is 3.06. The predicted octanol–water partition coefficient (Wildman–Crippen LogP) is 5.84. The molecule has 0 aliphatic rings. The van der Waals surface area contributed by atoms with Crippen LogP contribution in [0.5, 0.6) is 40.2 Å². The van der Waals surface area contributed by atoms with E-state index in [0.717, 1.165) is 6.29 Å². The number of hydrogen-bond donors (Lipinski definition) is 3. The van der Waals surface area contributed by atoms with Crippen molar-refractivity contribution < 1.29 is 43.5 Å². The van der Waals surface area contributed by atoms with Crippen molar-refractivity contribution in [3.8, 4) is 62.5 Å². The van der Waals surface area contributed by atoms with Gasteiger partial charge in [-0.15, -0.1) is 0 Å². The zero-order valence-corrected chi connectivity index (χ0v) is 26.2. The molecule has 0 fully saturated rings. The molecule has 0 saturated heterocycles. The smallest absolute Gasteiger partial charge is 0.325 e. The topological polar surface area (TPSA) is 137 Å². The maximum absolute atomic E-state index is 12.9. The highest BCUT2D eigenvalue weighted by atomic mass is 16.6. The minimum atomic E-state index is -0.486. The Bertz CT molecular complexity index is 1880. The Hall–Kier alpha value is -5.42. The second-order valence-electron chi connectivity index (χ2n) is 9.49. The molecule has 2 aromatic heterocycles. The van der Waals surface area contributed by atoms with Crippen molar-refractivity contribution in [3.05, 3.63) is 60.4 Å². The van der Waals surface area contributed by atoms with E-state index in [1.807, 2.05) is 13.8 Å². The number of aromatic hydroxyl groups is 2. The van der Waals surface area contributed by atoms with Crippen LogP contribution in [-0.2, 0) is 4.79 Å². The molecular formula is C34H36N2O9. The first-order valence-electron chi connectivity index (χ1n) is 14.1. The summed E-state index contributed by atoms with van der Waals surface area (Å²) in [4.78, 5) is 25.1. The number of phenols is 2. The summed E-state index contributed by atoms with van der Waals surface area (Å²) in [6, 6.07) is 13.1. The third-order valence-electron chi connectivity index (χ3n) is 7.13. The van der Waals surface area contributed by atoms with Crippen LogP contribution in [0.1, 0.15) is 24.3 Å². The predicted molar refractivity (Wildman–Crippen MR) is 172 cm³/mol. The lowest BCUT2D eigenvalue weighted by Gasteiger charge is -2.15. The van der Waals surface area contributed by atoms with Crippen LogP contribution in [0.2, 0.25) is 0 Å². The van der Waals surface area contributed by atoms with Crippen LogP contribution in [0.15, 0.2) is 54.7 Å². The molecule has 11 heteroatoms. The third-order valence-corrected chi connectivity index (χ3v) is 7.13. The molecule has 0 atom stereocenters. The van der Waals surface area contributed by atoms with Crippen molar-refractivity contribution in [2.75, 3.05) is 42.0 Å². The molecule has 5 rings (SSSR count). The van der Waals surface area contributed by atoms with Gasteiger partial charge in [0.15, 0.2) is 40.8 Å². The second-order valence-corrected chi connectivity index (χ2v) is 9.49. The van der Waals surface area contributed by atoms with E-state index in [-0.39, 0.29) is 41.0 Å². The maximum atomic E-state index is 12.9. The highest BCUT2D eigenvalue weighted by Crippen LogP contribution is 2.49. The maximum Gasteiger partial charge on any atom is 0.325 e. The number of aldehydes is 1. The van der Waals surface area contributed by atoms with Crippen LogP contribution in [0, 0.1) is 0 Å². The van der Waals surface area contributed by atoms with Gasteiger partial charge >= 0.3 is 5.97 Å². The molecule has 0 saturated carbocycles. The van der Waals surface area contributed by atoms with Crippen molar-refractivity contribution >= 4 is 28.5 Å². The Morgan fingerprint density at radius 3 is 2.09 bits per heavy atom. The molecule has 0 unspecified atom stereocenters. The van der Waals surface area contributed by atoms with Crippen molar-refractivity contribution in [2.45, 2.75) is 13.8 Å². The fraction of sp³-hybridized carbons (Fsp3) is 0.235. The van der Waals surface area contributed by atoms with Gasteiger partial charge < -0.3 is 43.6 Å². The number of ether oxygens (including phenoxy) is 5. The molecule has 236 valence electrons. The minimum absolute atomic E-state index is 0.00967. The lowest BCUT2D eigenvalue weighted by Crippen LogP contribution is -2.23. The number of nitrogens with zero attached hydrogens (tertiary/aromatic N) is 1. The number of phenolic OH excluding ortho intramolecular Hbond substituents is 2. The van der Waals surface area contributed by atoms with E-state index in [0.29, 0.717) is 50.0 Å². The molecule has 11 nitrogen and oxygen atoms in total. The molecule has 0 aliphatic heterocycles. The molecule has 0 aliphatic carbocycles. The van der Waals surface area contributed by atoms with Gasteiger partial charge in [0, 0.05) is 34.3 Å². The zero-order chi connectivity index (χ0) is 32.8. The van der Waals surface area contributed by atoms with Crippen LogP contribution < -0.4 is 29.0 Å². The Morgan fingerprint density at radius 2 is 1.47 bits per heavy atom. The number of likely N-dealkylation sites (N-methyl/N-ethyl adjacent to an activating group) is 1. The van der Waals surface area contributed by atoms with Gasteiger partial charge in [-0.1, -0.05) is 19.9 Å². The first-order chi connectivity index (χ1) is 21.8. The second kappa shape index (κ2) is 13.9. The molecule has 0 bridgehead atoms. The summed E-state index contributed by atoms with van der Waals surface area (Å²) < 4.78 is 29.4. The summed E-state index contributed by atoms with van der Waals surface area (Å²) in [6.45, 7) is 4.01. The third kappa shape index (κ3) is 5.89. The largest absolute Gasteiger partial charge is 0.504 e. The van der Waals surface area contributed by atoms with E-state index in [1.54, 1.807) is 54.0 Å². The van der Waals surface area contributed by atoms with Crippen molar-refractivity contribution in [1.82, 2.24) is 9.72 Å². The molecule has 3 aromatic carbocycles. The van der Waals surface area contributed by atoms with Gasteiger partial charge in [-0.3, -0.25) is 9.59 Å². The molecule has 0 radical (unpaired) electrons. The average Bonchev–Trinajstić information content (AvgIpc) is 3.39. The van der Waals surface area contributed by atoms with E-state index in [4.69, 9.17) is 23.7 Å². The van der Waals surface area contributed by atoms with E-state index >= 15 is 0 Å². The summed E-state index contributed by atoms with van der Waals surface area (Å²) in [7, 11) is 7.44. The monoisotopic (exact) mass is 616 g/mol. The number of carbonyl (C=O) groups is 2. The van der Waals surface area contributed by atoms with Crippen molar-refractivity contribution in [3.63, 3.8) is 0 Å². The lowest BCUT2D eigenvalue weighted by molar-refractivity contribution is -0.133. The quantitative estimate of drug-likeness (QED) is 0.0998. The number of benzene rings is 3. The van der Waals surface area contributed by atoms with Gasteiger partial charge in [0.25, 0.3) is 0 Å². The summed E-state index contributed by atoms with van der Waals surface area (Å²) in [5.74, 6) is 0.556. The number of hydrogen-bond acceptors (Lipinski definition) is 10. The summed E-state index contributed by atoms with van der Waals surface area (Å²) in [5, 5.41) is 25.0. The molecule has 0 spiro atoms. The van der Waals surface area contributed by atoms with Crippen LogP contribution in [0.3, 0.4) is 0 Å². The highest BCUT2D eigenvalue weighted by molar-refractivity contribution is 6.13. The normalized spacial score (nSPS) is 10.6. The van der Waals surface area contributed by atoms with E-state index < -0.39 is 5.97 Å². The Kier molecular flexibility index (Phi) is 10.0. The number of methoxy groups -OCH3 is 4. The van der Waals surface area contributed by atoms with Crippen molar-refractivity contribution in [2.24, 2.45) is 0 Å². The van der Waals surface area contributed by atoms with Gasteiger partial charge in [-0.05, 0) is 54.4 Å². The zero-order valence-electron chi connectivity index (χ0n) is 26.2. The number of aromatic nitrogens is 1. The van der Waals surface area contributed by atoms with Gasteiger partial charge in [-0.25, -0.2) is 0 Å². The number of carbonyl (C=O) groups excluding carboxylic acids is 2. The molecule has 3 N–H and O–H groups in total. The molecule has 0 amide bonds. The van der Waals surface area contributed by atoms with E-state index in [2.05, 4.69) is 5.32 Å². The number of fused-ring (bicyclic) bond motifs is 3. The molecule has 45 heavy (non-hydrogen) atoms. The van der Waals surface area contributed by atoms with Crippen LogP contribution >= 0.6 is 0 Å². The van der Waals surface area contributed by atoms with Crippen LogP contribution in [0.4, 0.5) is 0 Å². The minimum Gasteiger partial charge on any atom is -0.504 e. The lowest BCUT2D eigenvalue weighted by atomic mass is 9.93. The molecule has 5 aromatic rings. The van der Waals surface area contributed by atoms with Crippen molar-refractivity contribution in [1.29, 1.82) is 0 Å². The molecule has 2 heterocycles. The van der Waals surface area contributed by atoms with Crippen LogP contribution in [-0.4, -0.2) is 68.9 Å². The average molecular weight is 617 g/mol. The van der Waals surface area contributed by atoms with Gasteiger partial charge in [0.1, 0.15) is 5.75 Å². The SMILES string of the molecule is CC.CNCC(=O)Oc1cc2ccn3c(C=O)c(-c4cc(OC)c(O)cc4OC)c(-c4ccc(O)c(OC)c4)c3c2cc1OC. The van der Waals surface area contributed by atoms with E-state index in [1.165, 1.54) is 40.6 Å². The van der Waals surface area contributed by atoms with Gasteiger partial charge in [0.2, 0.25) is 0 Å². The Balaban J connectivity index is 0.00000226. The highest BCUT2D eigenvalue weighted by Gasteiger charge is 2.27. The molecular weight excluding hydrogens is 580 g/mol. The number of nitrogens with one attached hydrogen (secondary N) is 1. The number of pyridine rings is 1. The number of rotatable bonds is 10. The summed E-state index contributed by atoms with van der Waals surface area (Å²) >= 11 is 0. The van der Waals surface area contributed by atoms with Gasteiger partial charge in [-0.2, -0.15) is 0 Å². The van der Waals surface area contributed by atoms with Gasteiger partial charge in [0.05, 0.1) is 46.2 Å². The Morgan fingerprint density at radius 1 is 0.800 bits per heavy atom. The Labute approximate surface area is 260 Å². The van der Waals surface area contributed by atoms with E-state index in [9.17, 15) is 19.8 Å². The first kappa shape index (κ1) is 32.5. The fourth-order valence-electron chi connectivity index (χ4n) is 5.22. The standard InChI is InChI=1S/C32H30N2O9.C2H6/c1-33-15-29(38)43-28-10-17-8-9-34-21(16-35)31(20-13-26(41-4)23(37)14-24(20)39-2)30(32(34)19(17)12-27(28)42-5)18-6-7-22(36)25(11-18)40-3;1-2/h6-14,16,33,36-37H,15H2,1-5H3;1-2H3. The first-order valence-corrected chi connectivity index (χ1v) is 14.1. The number of esters is 1. The van der Waals surface area contributed by atoms with Crippen LogP contribution in [0.25, 0.3) is 38.5 Å². The summed E-state index contributed by atoms with van der Waals surface area (Å²) in [6.07, 6.45) is 2.47. The fourth-order valence-corrected chi connectivity index (χ4v) is 5.22.